The summed E-state index contributed by atoms with van der Waals surface area (Å²) in [6.07, 6.45) is 3.15. The van der Waals surface area contributed by atoms with Gasteiger partial charge in [-0.2, -0.15) is 0 Å². The molecule has 9 N–H and O–H groups in total. The SMILES string of the molecule is COc1ccc(C(OCCCCNC(=O)CCCCCCCCC(=O)NC(COCCC(=O)NCCCN)(COCCC(=O)NCCCNC(=O)CCCCO[C@H]2C[C@@H](OC(C)=O)[C@@H](OC(C)=O)[C@@H](COC(C)=O)O2)COCCC(=O)NCCCNC(=O)CCCCO[C@@H]2O[C@@]3(COC(C)=O)C2[C@@H](OC(C)=O)[C@H]3OC(C)=O)(c2ccccc2)c2ccc(OC)cc2)cc1. The summed E-state index contributed by atoms with van der Waals surface area (Å²) < 4.78 is 92.0. The van der Waals surface area contributed by atoms with Gasteiger partial charge in [0.2, 0.25) is 41.4 Å². The first kappa shape index (κ1) is 107. The molecule has 2 unspecified atom stereocenters. The van der Waals surface area contributed by atoms with E-state index in [9.17, 15) is 62.3 Å². The molecule has 0 bridgehead atoms. The van der Waals surface area contributed by atoms with E-state index in [4.69, 9.17) is 81.5 Å². The van der Waals surface area contributed by atoms with Gasteiger partial charge < -0.3 is 119 Å². The topological polar surface area (TPSA) is 480 Å². The van der Waals surface area contributed by atoms with Crippen LogP contribution in [0.25, 0.3) is 0 Å². The van der Waals surface area contributed by atoms with E-state index in [0.29, 0.717) is 103 Å². The van der Waals surface area contributed by atoms with Crippen molar-refractivity contribution < 1.29 is 138 Å². The number of fused-ring (bicyclic) bond motifs is 1. The number of nitrogens with two attached hydrogens (primary N) is 1. The van der Waals surface area contributed by atoms with Crippen molar-refractivity contribution in [3.63, 3.8) is 0 Å². The van der Waals surface area contributed by atoms with E-state index < -0.39 is 102 Å². The molecule has 2 aliphatic heterocycles. The summed E-state index contributed by atoms with van der Waals surface area (Å²) in [5, 5.41) is 20.3. The van der Waals surface area contributed by atoms with Crippen LogP contribution in [-0.2, 0) is 134 Å². The lowest BCUT2D eigenvalue weighted by atomic mass is 9.59. The number of carbonyl (C=O) groups excluding carboxylic acids is 13. The van der Waals surface area contributed by atoms with Crippen LogP contribution in [0.5, 0.6) is 11.5 Å². The Morgan fingerprint density at radius 2 is 0.828 bits per heavy atom. The molecule has 3 aliphatic rings. The molecule has 37 heteroatoms. The zero-order chi connectivity index (χ0) is 93.0. The number of methoxy groups -OCH3 is 2. The third kappa shape index (κ3) is 38.7. The summed E-state index contributed by atoms with van der Waals surface area (Å²) in [7, 11) is 3.26. The smallest absolute Gasteiger partial charge is 0.303 e. The van der Waals surface area contributed by atoms with E-state index in [0.717, 1.165) is 53.9 Å². The third-order valence-corrected chi connectivity index (χ3v) is 21.3. The maximum Gasteiger partial charge on any atom is 0.303 e. The molecule has 3 fully saturated rings. The summed E-state index contributed by atoms with van der Waals surface area (Å²) in [5.41, 5.74) is 4.89. The van der Waals surface area contributed by atoms with Crippen LogP contribution >= 0.6 is 0 Å². The Bertz CT molecular complexity index is 3760. The van der Waals surface area contributed by atoms with Crippen molar-refractivity contribution in [1.29, 1.82) is 0 Å². The van der Waals surface area contributed by atoms with Crippen molar-refractivity contribution in [2.75, 3.05) is 133 Å². The molecular formula is C91H136N8O29. The number of ether oxygens (including phenoxy) is 16. The highest BCUT2D eigenvalue weighted by atomic mass is 16.7. The molecule has 1 aliphatic carbocycles. The van der Waals surface area contributed by atoms with E-state index in [-0.39, 0.29) is 179 Å². The molecule has 6 rings (SSSR count). The predicted molar refractivity (Wildman–Crippen MR) is 462 cm³/mol. The lowest BCUT2D eigenvalue weighted by Crippen LogP contribution is -2.85. The van der Waals surface area contributed by atoms with E-state index in [1.165, 1.54) is 41.5 Å². The van der Waals surface area contributed by atoms with Gasteiger partial charge in [0.15, 0.2) is 36.5 Å². The summed E-state index contributed by atoms with van der Waals surface area (Å²) in [5.74, 6) is -4.57. The molecule has 714 valence electrons. The van der Waals surface area contributed by atoms with Gasteiger partial charge in [-0.05, 0) is 118 Å². The molecule has 37 nitrogen and oxygen atoms in total. The van der Waals surface area contributed by atoms with Gasteiger partial charge in [0.05, 0.1) is 59.8 Å². The molecule has 2 heterocycles. The number of benzene rings is 3. The third-order valence-electron chi connectivity index (χ3n) is 21.3. The lowest BCUT2D eigenvalue weighted by molar-refractivity contribution is -0.459. The van der Waals surface area contributed by atoms with Crippen molar-refractivity contribution in [1.82, 2.24) is 37.2 Å². The van der Waals surface area contributed by atoms with Gasteiger partial charge in [0, 0.05) is 152 Å². The predicted octanol–water partition coefficient (Wildman–Crippen LogP) is 5.88. The number of hydrogen-bond donors (Lipinski definition) is 8. The van der Waals surface area contributed by atoms with Crippen LogP contribution in [0.15, 0.2) is 78.9 Å². The largest absolute Gasteiger partial charge is 0.497 e. The van der Waals surface area contributed by atoms with Gasteiger partial charge in [-0.1, -0.05) is 80.3 Å². The van der Waals surface area contributed by atoms with Crippen LogP contribution in [0.2, 0.25) is 0 Å². The van der Waals surface area contributed by atoms with Crippen LogP contribution in [0.4, 0.5) is 0 Å². The fourth-order valence-electron chi connectivity index (χ4n) is 14.9. The summed E-state index contributed by atoms with van der Waals surface area (Å²) in [6.45, 7) is 8.93. The lowest BCUT2D eigenvalue weighted by Gasteiger charge is -2.66. The van der Waals surface area contributed by atoms with Crippen LogP contribution in [0, 0.1) is 5.92 Å². The first-order chi connectivity index (χ1) is 61.6. The van der Waals surface area contributed by atoms with Gasteiger partial charge in [-0.3, -0.25) is 62.3 Å². The number of unbranched alkanes of at least 4 members (excludes halogenated alkanes) is 8. The van der Waals surface area contributed by atoms with Crippen molar-refractivity contribution in [3.8, 4) is 11.5 Å². The summed E-state index contributed by atoms with van der Waals surface area (Å²) in [6, 6.07) is 25.8. The molecule has 10 atom stereocenters. The quantitative estimate of drug-likeness (QED) is 0.0141. The van der Waals surface area contributed by atoms with Crippen molar-refractivity contribution >= 4 is 77.2 Å². The summed E-state index contributed by atoms with van der Waals surface area (Å²) >= 11 is 0. The number of carbonyl (C=O) groups is 13. The fraction of sp³-hybridized carbons (Fsp3) is 0.659. The maximum absolute atomic E-state index is 14.1. The van der Waals surface area contributed by atoms with Gasteiger partial charge in [0.1, 0.15) is 48.1 Å². The minimum absolute atomic E-state index is 0.00976. The van der Waals surface area contributed by atoms with E-state index >= 15 is 0 Å². The highest BCUT2D eigenvalue weighted by Crippen LogP contribution is 2.58. The van der Waals surface area contributed by atoms with Gasteiger partial charge in [-0.25, -0.2) is 0 Å². The zero-order valence-electron chi connectivity index (χ0n) is 75.5. The zero-order valence-corrected chi connectivity index (χ0v) is 75.5. The minimum atomic E-state index is -1.38. The monoisotopic (exact) mass is 1800 g/mol. The van der Waals surface area contributed by atoms with Crippen LogP contribution < -0.4 is 52.4 Å². The minimum Gasteiger partial charge on any atom is -0.497 e. The normalized spacial score (nSPS) is 18.9. The Labute approximate surface area is 749 Å². The van der Waals surface area contributed by atoms with Crippen molar-refractivity contribution in [2.45, 2.75) is 249 Å². The van der Waals surface area contributed by atoms with E-state index in [1.807, 2.05) is 66.7 Å². The van der Waals surface area contributed by atoms with Gasteiger partial charge >= 0.3 is 35.8 Å². The van der Waals surface area contributed by atoms with Crippen LogP contribution in [0.3, 0.4) is 0 Å². The fourth-order valence-corrected chi connectivity index (χ4v) is 14.9. The highest BCUT2D eigenvalue weighted by Gasteiger charge is 2.78. The van der Waals surface area contributed by atoms with Crippen molar-refractivity contribution in [2.24, 2.45) is 11.7 Å². The Morgan fingerprint density at radius 3 is 1.29 bits per heavy atom. The second-order valence-electron chi connectivity index (χ2n) is 31.7. The Hall–Kier alpha value is -9.99. The number of rotatable bonds is 67. The van der Waals surface area contributed by atoms with Gasteiger partial charge in [0.25, 0.3) is 0 Å². The number of nitrogens with one attached hydrogen (secondary N) is 7. The molecule has 2 saturated heterocycles. The van der Waals surface area contributed by atoms with E-state index in [2.05, 4.69) is 49.4 Å². The second kappa shape index (κ2) is 59.3. The first-order valence-electron chi connectivity index (χ1n) is 44.5. The Morgan fingerprint density at radius 1 is 0.414 bits per heavy atom. The van der Waals surface area contributed by atoms with Gasteiger partial charge in [-0.15, -0.1) is 0 Å². The molecule has 0 spiro atoms. The first-order valence-corrected chi connectivity index (χ1v) is 44.5. The molecule has 1 saturated carbocycles. The Balaban J connectivity index is 0.945. The highest BCUT2D eigenvalue weighted by molar-refractivity contribution is 5.79. The number of hydrogen-bond acceptors (Lipinski definition) is 30. The van der Waals surface area contributed by atoms with Crippen molar-refractivity contribution in [3.05, 3.63) is 95.6 Å². The average Bonchev–Trinajstić information content (AvgIpc) is 0.675. The second-order valence-corrected chi connectivity index (χ2v) is 31.7. The molecular weight excluding hydrogens is 1670 g/mol. The molecule has 0 radical (unpaired) electrons. The number of esters is 6. The summed E-state index contributed by atoms with van der Waals surface area (Å²) in [4.78, 5) is 163. The molecule has 128 heavy (non-hydrogen) atoms. The maximum atomic E-state index is 14.1. The molecule has 3 aromatic carbocycles. The molecule has 3 aromatic rings. The Kier molecular flexibility index (Phi) is 49.4. The molecule has 0 aromatic heterocycles. The average molecular weight is 1810 g/mol. The van der Waals surface area contributed by atoms with Crippen LogP contribution in [-0.4, -0.2) is 264 Å². The number of amides is 7. The van der Waals surface area contributed by atoms with E-state index in [1.54, 1.807) is 14.2 Å². The molecule has 7 amide bonds. The van der Waals surface area contributed by atoms with Crippen LogP contribution in [0.1, 0.15) is 206 Å². The standard InChI is InChI=1S/C91H136N8O29/c1-63(100)120-58-75-85(124-66(4)103)74(123-65(3)102)57-83(127-75)118-51-21-18-30-77(107)95-47-25-49-97-80(110)42-55-116-60-89(59-115-54-41-79(109)94-46-24-44-92,61-117-56-43-81(111)98-50-26-48-96-78(108)31-19-22-52-119-88-84-86(125-67(5)104)87(126-68(6)105)90(84,128-88)62-121-64(2)101)99-82(112)32-17-12-10-9-11-16-29-76(106)93-45-20-23-53-122-91(69-27-14-13-15-28-69,70-33-37-72(113-7)38-34-70)71-35-39-73(114-8)40-36-71/h13-15,27-28,33-40,74-75,83-88H,9-12,16-26,29-32,41-62,92H2,1-8H3,(H,93,106)(H,94,109)(H,95,107)(H,96,108)(H,97,110)(H,98,111)(H,99,112)/t74-,75-,83-,84?,85-,86-,87-,88-,89?,90+/m1/s1.